The summed E-state index contributed by atoms with van der Waals surface area (Å²) in [6.07, 6.45) is 9.21. The summed E-state index contributed by atoms with van der Waals surface area (Å²) >= 11 is 0. The van der Waals surface area contributed by atoms with E-state index in [1.165, 1.54) is 0 Å². The zero-order valence-electron chi connectivity index (χ0n) is 17.0. The number of rotatable bonds is 14. The number of hydrogen-bond acceptors (Lipinski definition) is 4. The minimum Gasteiger partial charge on any atom is -0.329 e. The van der Waals surface area contributed by atoms with Crippen molar-refractivity contribution in [2.45, 2.75) is 80.1 Å². The van der Waals surface area contributed by atoms with Gasteiger partial charge in [0.1, 0.15) is 0 Å². The lowest BCUT2D eigenvalue weighted by Gasteiger charge is -2.16. The molecular weight excluding hydrogens is 342 g/mol. The van der Waals surface area contributed by atoms with Gasteiger partial charge in [-0.2, -0.15) is 0 Å². The molecule has 0 unspecified atom stereocenters. The summed E-state index contributed by atoms with van der Waals surface area (Å²) in [5.74, 6) is 0. The van der Waals surface area contributed by atoms with Crippen molar-refractivity contribution >= 4 is 14.7 Å². The van der Waals surface area contributed by atoms with Gasteiger partial charge < -0.3 is 9.05 Å². The van der Waals surface area contributed by atoms with Gasteiger partial charge in [0.2, 0.25) is 14.7 Å². The van der Waals surface area contributed by atoms with Crippen molar-refractivity contribution in [2.75, 3.05) is 37.9 Å². The van der Waals surface area contributed by atoms with Crippen molar-refractivity contribution in [1.82, 2.24) is 0 Å². The van der Waals surface area contributed by atoms with Gasteiger partial charge in [0.05, 0.1) is 13.2 Å². The standard InChI is InChI=1S/C10H23O2P.C8H19O2P/c1-4-7-9-13(11,12-6-3)10-8-5-2;1-4-7-11(9,8-5-2)10-6-3/h4-10H2,1-3H3;4-8H2,1-3H3. The number of unbranched alkanes of at least 4 members (excludes halogenated alkanes) is 2. The molecule has 0 aliphatic heterocycles. The van der Waals surface area contributed by atoms with Gasteiger partial charge in [-0.25, -0.2) is 0 Å². The van der Waals surface area contributed by atoms with E-state index in [9.17, 15) is 9.13 Å². The first-order chi connectivity index (χ1) is 11.4. The SMILES string of the molecule is CCCCP(=O)(CCCC)OCC.CCCP(=O)(CCC)OCC. The minimum atomic E-state index is -2.25. The molecule has 0 saturated heterocycles. The van der Waals surface area contributed by atoms with E-state index in [0.717, 1.165) is 63.2 Å². The highest BCUT2D eigenvalue weighted by Crippen LogP contribution is 2.48. The van der Waals surface area contributed by atoms with Crippen LogP contribution in [-0.4, -0.2) is 37.9 Å². The van der Waals surface area contributed by atoms with Crippen LogP contribution in [0.25, 0.3) is 0 Å². The van der Waals surface area contributed by atoms with Gasteiger partial charge in [0, 0.05) is 24.6 Å². The first kappa shape index (κ1) is 26.6. The molecule has 6 heteroatoms. The fourth-order valence-electron chi connectivity index (χ4n) is 2.43. The first-order valence-electron chi connectivity index (χ1n) is 9.82. The quantitative estimate of drug-likeness (QED) is 0.302. The summed E-state index contributed by atoms with van der Waals surface area (Å²) in [5, 5.41) is 0. The molecule has 0 atom stereocenters. The fraction of sp³-hybridized carbons (Fsp3) is 1.00. The van der Waals surface area contributed by atoms with E-state index in [4.69, 9.17) is 9.05 Å². The van der Waals surface area contributed by atoms with Gasteiger partial charge in [0.25, 0.3) is 0 Å². The van der Waals surface area contributed by atoms with E-state index in [2.05, 4.69) is 13.8 Å². The topological polar surface area (TPSA) is 52.6 Å². The van der Waals surface area contributed by atoms with Gasteiger partial charge >= 0.3 is 0 Å². The lowest BCUT2D eigenvalue weighted by atomic mass is 10.4. The monoisotopic (exact) mass is 384 g/mol. The molecule has 0 heterocycles. The molecule has 0 radical (unpaired) electrons. The van der Waals surface area contributed by atoms with Crippen molar-refractivity contribution in [3.05, 3.63) is 0 Å². The maximum absolute atomic E-state index is 12.1. The molecule has 0 spiro atoms. The van der Waals surface area contributed by atoms with Crippen molar-refractivity contribution in [2.24, 2.45) is 0 Å². The molecule has 0 aliphatic carbocycles. The Morgan fingerprint density at radius 2 is 0.875 bits per heavy atom. The molecule has 4 nitrogen and oxygen atoms in total. The zero-order chi connectivity index (χ0) is 18.9. The normalized spacial score (nSPS) is 11.9. The van der Waals surface area contributed by atoms with Crippen molar-refractivity contribution in [3.8, 4) is 0 Å². The summed E-state index contributed by atoms with van der Waals surface area (Å²) in [6.45, 7) is 13.3. The molecule has 0 aliphatic rings. The largest absolute Gasteiger partial charge is 0.329 e. The third kappa shape index (κ3) is 14.7. The summed E-state index contributed by atoms with van der Waals surface area (Å²) in [5.41, 5.74) is 0. The lowest BCUT2D eigenvalue weighted by molar-refractivity contribution is 0.331. The van der Waals surface area contributed by atoms with Crippen LogP contribution in [0.2, 0.25) is 0 Å². The molecule has 0 N–H and O–H groups in total. The average molecular weight is 384 g/mol. The van der Waals surface area contributed by atoms with Gasteiger partial charge in [-0.1, -0.05) is 40.5 Å². The van der Waals surface area contributed by atoms with Crippen LogP contribution in [0.15, 0.2) is 0 Å². The second-order valence-electron chi connectivity index (χ2n) is 6.07. The molecule has 0 aromatic rings. The van der Waals surface area contributed by atoms with Crippen LogP contribution in [-0.2, 0) is 18.2 Å². The Labute approximate surface area is 151 Å². The molecule has 0 bridgehead atoms. The molecule has 24 heavy (non-hydrogen) atoms. The molecule has 0 aromatic heterocycles. The molecule has 0 fully saturated rings. The van der Waals surface area contributed by atoms with Crippen LogP contribution < -0.4 is 0 Å². The molecule has 0 saturated carbocycles. The van der Waals surface area contributed by atoms with Gasteiger partial charge in [-0.15, -0.1) is 0 Å². The Morgan fingerprint density at radius 1 is 0.542 bits per heavy atom. The minimum absolute atomic E-state index is 0.581. The van der Waals surface area contributed by atoms with E-state index in [1.54, 1.807) is 0 Å². The summed E-state index contributed by atoms with van der Waals surface area (Å²) < 4.78 is 34.6. The maximum atomic E-state index is 12.1. The second-order valence-corrected chi connectivity index (χ2v) is 11.6. The zero-order valence-corrected chi connectivity index (χ0v) is 18.8. The van der Waals surface area contributed by atoms with E-state index >= 15 is 0 Å². The maximum Gasteiger partial charge on any atom is 0.203 e. The van der Waals surface area contributed by atoms with Gasteiger partial charge in [0.15, 0.2) is 0 Å². The predicted molar refractivity (Wildman–Crippen MR) is 108 cm³/mol. The van der Waals surface area contributed by atoms with Crippen molar-refractivity contribution < 1.29 is 18.2 Å². The third-order valence-electron chi connectivity index (χ3n) is 3.56. The Balaban J connectivity index is 0. The van der Waals surface area contributed by atoms with Gasteiger partial charge in [-0.05, 0) is 39.5 Å². The fourth-order valence-corrected chi connectivity index (χ4v) is 7.30. The van der Waals surface area contributed by atoms with Crippen LogP contribution in [0.1, 0.15) is 80.1 Å². The Hall–Kier alpha value is 0.380. The van der Waals surface area contributed by atoms with Crippen LogP contribution in [0.5, 0.6) is 0 Å². The van der Waals surface area contributed by atoms with Crippen molar-refractivity contribution in [1.29, 1.82) is 0 Å². The molecule has 0 rings (SSSR count). The summed E-state index contributed by atoms with van der Waals surface area (Å²) in [4.78, 5) is 0. The average Bonchev–Trinajstić information content (AvgIpc) is 2.53. The third-order valence-corrected chi connectivity index (χ3v) is 9.27. The smallest absolute Gasteiger partial charge is 0.203 e. The van der Waals surface area contributed by atoms with Gasteiger partial charge in [-0.3, -0.25) is 9.13 Å². The Bertz CT molecular complexity index is 323. The lowest BCUT2D eigenvalue weighted by Crippen LogP contribution is -2.00. The van der Waals surface area contributed by atoms with Crippen LogP contribution >= 0.6 is 14.7 Å². The molecule has 148 valence electrons. The van der Waals surface area contributed by atoms with Crippen LogP contribution in [0, 0.1) is 0 Å². The van der Waals surface area contributed by atoms with Crippen molar-refractivity contribution in [3.63, 3.8) is 0 Å². The van der Waals surface area contributed by atoms with Crippen LogP contribution in [0.4, 0.5) is 0 Å². The second kappa shape index (κ2) is 16.8. The van der Waals surface area contributed by atoms with E-state index in [0.29, 0.717) is 13.2 Å². The predicted octanol–water partition coefficient (Wildman–Crippen LogP) is 7.02. The molecule has 0 aromatic carbocycles. The highest BCUT2D eigenvalue weighted by Gasteiger charge is 2.20. The number of hydrogen-bond donors (Lipinski definition) is 0. The summed E-state index contributed by atoms with van der Waals surface area (Å²) in [7, 11) is -4.47. The molecule has 0 amide bonds. The Kier molecular flexibility index (Phi) is 18.7. The van der Waals surface area contributed by atoms with E-state index < -0.39 is 14.7 Å². The molecular formula is C18H42O4P2. The van der Waals surface area contributed by atoms with E-state index in [1.807, 2.05) is 27.7 Å². The highest BCUT2D eigenvalue weighted by atomic mass is 31.2. The van der Waals surface area contributed by atoms with E-state index in [-0.39, 0.29) is 0 Å². The first-order valence-corrected chi connectivity index (χ1v) is 13.8. The highest BCUT2D eigenvalue weighted by molar-refractivity contribution is 7.59. The Morgan fingerprint density at radius 3 is 1.12 bits per heavy atom. The summed E-state index contributed by atoms with van der Waals surface area (Å²) in [6, 6.07) is 0. The van der Waals surface area contributed by atoms with Crippen LogP contribution in [0.3, 0.4) is 0 Å².